The average molecular weight is 1180 g/mol. The van der Waals surface area contributed by atoms with E-state index in [2.05, 4.69) is 257 Å². The van der Waals surface area contributed by atoms with Crippen molar-refractivity contribution in [3.8, 4) is 55.8 Å². The average Bonchev–Trinajstić information content (AvgIpc) is 1.55. The minimum Gasteiger partial charge on any atom is -0.354 e. The van der Waals surface area contributed by atoms with E-state index >= 15 is 0 Å². The van der Waals surface area contributed by atoms with Crippen LogP contribution in [0.1, 0.15) is 126 Å². The van der Waals surface area contributed by atoms with Crippen LogP contribution in [0.2, 0.25) is 0 Å². The zero-order valence-corrected chi connectivity index (χ0v) is 53.4. The van der Waals surface area contributed by atoms with Crippen LogP contribution in [-0.4, -0.2) is 24.9 Å². The summed E-state index contributed by atoms with van der Waals surface area (Å²) < 4.78 is 0. The quantitative estimate of drug-likeness (QED) is 0.106. The number of fused-ring (bicyclic) bond motifs is 19. The highest BCUT2D eigenvalue weighted by Crippen LogP contribution is 2.68. The number of rotatable bonds is 10. The van der Waals surface area contributed by atoms with Gasteiger partial charge in [-0.1, -0.05) is 199 Å². The van der Waals surface area contributed by atoms with Crippen LogP contribution < -0.4 is 0 Å². The minimum atomic E-state index is 0.195. The summed E-state index contributed by atoms with van der Waals surface area (Å²) in [6.45, 7) is 12.9. The topological polar surface area (TPSA) is 70.2 Å². The standard InChI is InChI=1S/C86H81N5/c1-52(2)18-17-19-53(3)67-35-36-68-63-34-33-62-50-65-66(51-86(62,5)69(63)46-47-85(67,68)4)84(91-78-37-32-61-48-59-26-15-16-27-60(59)49-64(61)83(65)78)58-30-28-57(29-31-58)82-76-44-42-74(89-76)80(55-22-11-7-12-23-55)72-40-38-70(87-72)79(54-20-9-6-10-21-54)71-39-41-73(88-71)81(56-24-13-8-14-25-56)75-43-45-77(82)90-75/h6-16,20-32,37-45,48-49,52-53,62-63,67-69,87,90H,17-19,33-36,46-47,50-51H2,1-5H3/t53-,62?,63+,67-,68+,69+,85-,86+/m1/s1. The minimum absolute atomic E-state index is 0.195. The van der Waals surface area contributed by atoms with Gasteiger partial charge in [0.1, 0.15) is 0 Å². The third-order valence-corrected chi connectivity index (χ3v) is 23.7. The Morgan fingerprint density at radius 1 is 0.451 bits per heavy atom. The summed E-state index contributed by atoms with van der Waals surface area (Å²) in [6, 6.07) is 68.9. The third-order valence-electron chi connectivity index (χ3n) is 23.7. The van der Waals surface area contributed by atoms with E-state index in [0.717, 1.165) is 149 Å². The van der Waals surface area contributed by atoms with Crippen LogP contribution in [0.25, 0.3) is 135 Å². The van der Waals surface area contributed by atoms with E-state index < -0.39 is 0 Å². The predicted molar refractivity (Wildman–Crippen MR) is 383 cm³/mol. The highest BCUT2D eigenvalue weighted by molar-refractivity contribution is 6.13. The number of pyridine rings is 1. The molecule has 11 aromatic rings. The van der Waals surface area contributed by atoms with Gasteiger partial charge in [-0.25, -0.2) is 15.0 Å². The molecule has 7 aromatic carbocycles. The van der Waals surface area contributed by atoms with E-state index in [0.29, 0.717) is 11.3 Å². The Hall–Kier alpha value is -8.93. The monoisotopic (exact) mass is 1180 g/mol. The van der Waals surface area contributed by atoms with Gasteiger partial charge in [0.2, 0.25) is 0 Å². The molecule has 2 aliphatic heterocycles. The molecule has 0 radical (unpaired) electrons. The third kappa shape index (κ3) is 9.41. The largest absolute Gasteiger partial charge is 0.354 e. The fourth-order valence-corrected chi connectivity index (χ4v) is 19.4. The van der Waals surface area contributed by atoms with E-state index in [4.69, 9.17) is 15.0 Å². The predicted octanol–water partition coefficient (Wildman–Crippen LogP) is 22.9. The van der Waals surface area contributed by atoms with Crippen molar-refractivity contribution in [1.82, 2.24) is 24.9 Å². The molecule has 0 amide bonds. The lowest BCUT2D eigenvalue weighted by atomic mass is 9.44. The van der Waals surface area contributed by atoms with Gasteiger partial charge < -0.3 is 9.97 Å². The summed E-state index contributed by atoms with van der Waals surface area (Å²) in [6.07, 6.45) is 23.4. The molecule has 8 atom stereocenters. The van der Waals surface area contributed by atoms with E-state index in [1.54, 1.807) is 5.56 Å². The van der Waals surface area contributed by atoms with Gasteiger partial charge in [-0.3, -0.25) is 0 Å². The molecule has 1 unspecified atom stereocenters. The number of aromatic nitrogens is 5. The fourth-order valence-electron chi connectivity index (χ4n) is 19.4. The molecule has 4 aliphatic carbocycles. The Morgan fingerprint density at radius 3 is 1.51 bits per heavy atom. The smallest absolute Gasteiger partial charge is 0.0744 e. The molecule has 0 spiro atoms. The van der Waals surface area contributed by atoms with Gasteiger partial charge in [-0.2, -0.15) is 0 Å². The van der Waals surface area contributed by atoms with E-state index in [9.17, 15) is 0 Å². The lowest BCUT2D eigenvalue weighted by Crippen LogP contribution is -2.54. The lowest BCUT2D eigenvalue weighted by Gasteiger charge is -2.61. The Bertz CT molecular complexity index is 4870. The first-order chi connectivity index (χ1) is 44.5. The van der Waals surface area contributed by atoms with Crippen molar-refractivity contribution in [3.63, 3.8) is 0 Å². The normalized spacial score (nSPS) is 22.7. The van der Waals surface area contributed by atoms with Crippen LogP contribution in [0.15, 0.2) is 188 Å². The number of aromatic amines is 2. The fraction of sp³-hybridized carbons (Fsp3) is 0.291. The SMILES string of the molecule is CC(C)CCC[C@@H](C)[C@H]1CC[C@H]2[C@@H]3CCC4Cc5c(c(-c6ccc(-c7c8nc(c(-c9ccccc9)c9ccc([nH]9)c(-c9ccccc9)c9nc(c(-c%10ccccc%10)c%10ccc7[nH]%10)C=C9)C=C8)cc6)nc6ccc7cc8ccccc8cc7c56)C[C@]4(C)[C@H]3CC[C@]12C. The number of hydrogen-bond donors (Lipinski definition) is 2. The first-order valence-corrected chi connectivity index (χ1v) is 34.2. The summed E-state index contributed by atoms with van der Waals surface area (Å²) in [5.41, 5.74) is 23.3. The maximum Gasteiger partial charge on any atom is 0.0744 e. The van der Waals surface area contributed by atoms with Gasteiger partial charge in [0.05, 0.1) is 34.0 Å². The first kappa shape index (κ1) is 56.1. The number of benzene rings is 7. The number of nitrogens with one attached hydrogen (secondary N) is 2. The molecule has 91 heavy (non-hydrogen) atoms. The van der Waals surface area contributed by atoms with Crippen LogP contribution >= 0.6 is 0 Å². The molecule has 4 aromatic heterocycles. The second-order valence-corrected chi connectivity index (χ2v) is 29.0. The summed E-state index contributed by atoms with van der Waals surface area (Å²) in [7, 11) is 0. The van der Waals surface area contributed by atoms with E-state index in [-0.39, 0.29) is 5.41 Å². The Labute approximate surface area is 535 Å². The summed E-state index contributed by atoms with van der Waals surface area (Å²) in [5.74, 6) is 5.46. The molecule has 450 valence electrons. The van der Waals surface area contributed by atoms with Crippen molar-refractivity contribution in [2.45, 2.75) is 105 Å². The highest BCUT2D eigenvalue weighted by atomic mass is 14.8. The maximum atomic E-state index is 5.92. The van der Waals surface area contributed by atoms with Crippen molar-refractivity contribution in [2.75, 3.05) is 0 Å². The van der Waals surface area contributed by atoms with Crippen molar-refractivity contribution < 1.29 is 0 Å². The molecule has 3 saturated carbocycles. The van der Waals surface area contributed by atoms with Crippen molar-refractivity contribution in [1.29, 1.82) is 0 Å². The lowest BCUT2D eigenvalue weighted by molar-refractivity contribution is -0.103. The molecule has 8 bridgehead atoms. The molecular weight excluding hydrogens is 1100 g/mol. The Balaban J connectivity index is 0.834. The molecule has 3 fully saturated rings. The van der Waals surface area contributed by atoms with Gasteiger partial charge in [0, 0.05) is 55.3 Å². The van der Waals surface area contributed by atoms with Crippen molar-refractivity contribution >= 4 is 78.8 Å². The molecule has 2 N–H and O–H groups in total. The zero-order valence-electron chi connectivity index (χ0n) is 53.4. The van der Waals surface area contributed by atoms with Crippen LogP contribution in [0.4, 0.5) is 0 Å². The zero-order chi connectivity index (χ0) is 61.1. The summed E-state index contributed by atoms with van der Waals surface area (Å²) in [4.78, 5) is 25.1. The molecule has 17 rings (SSSR count). The van der Waals surface area contributed by atoms with Gasteiger partial charge in [0.25, 0.3) is 0 Å². The van der Waals surface area contributed by atoms with E-state index in [1.165, 1.54) is 95.8 Å². The van der Waals surface area contributed by atoms with Crippen molar-refractivity contribution in [3.05, 3.63) is 222 Å². The molecule has 0 saturated heterocycles. The highest BCUT2D eigenvalue weighted by Gasteiger charge is 2.61. The van der Waals surface area contributed by atoms with Crippen LogP contribution in [0.3, 0.4) is 0 Å². The van der Waals surface area contributed by atoms with Crippen molar-refractivity contribution in [2.24, 2.45) is 52.3 Å². The van der Waals surface area contributed by atoms with Gasteiger partial charge >= 0.3 is 0 Å². The molecule has 5 heteroatoms. The van der Waals surface area contributed by atoms with Gasteiger partial charge in [0.15, 0.2) is 0 Å². The molecule has 6 aliphatic rings. The van der Waals surface area contributed by atoms with Gasteiger partial charge in [-0.05, 0) is 225 Å². The Kier molecular flexibility index (Phi) is 13.7. The van der Waals surface area contributed by atoms with E-state index in [1.807, 2.05) is 0 Å². The maximum absolute atomic E-state index is 5.92. The van der Waals surface area contributed by atoms with Crippen LogP contribution in [-0.2, 0) is 12.8 Å². The Morgan fingerprint density at radius 2 is 0.956 bits per heavy atom. The first-order valence-electron chi connectivity index (χ1n) is 34.2. The van der Waals surface area contributed by atoms with Crippen LogP contribution in [0.5, 0.6) is 0 Å². The second kappa shape index (κ2) is 22.2. The van der Waals surface area contributed by atoms with Crippen LogP contribution in [0, 0.1) is 52.3 Å². The molecule has 6 heterocycles. The number of hydrogen-bond acceptors (Lipinski definition) is 3. The molecular formula is C86H81N5. The summed E-state index contributed by atoms with van der Waals surface area (Å²) in [5, 5.41) is 6.61. The number of H-pyrrole nitrogens is 2. The summed E-state index contributed by atoms with van der Waals surface area (Å²) >= 11 is 0. The number of nitrogens with zero attached hydrogens (tertiary/aromatic N) is 3. The van der Waals surface area contributed by atoms with Gasteiger partial charge in [-0.15, -0.1) is 0 Å². The second-order valence-electron chi connectivity index (χ2n) is 29.0. The molecule has 5 nitrogen and oxygen atoms in total.